The van der Waals surface area contributed by atoms with Gasteiger partial charge in [0, 0.05) is 30.7 Å². The Morgan fingerprint density at radius 3 is 2.47 bits per heavy atom. The van der Waals surface area contributed by atoms with Crippen LogP contribution in [-0.4, -0.2) is 28.0 Å². The summed E-state index contributed by atoms with van der Waals surface area (Å²) in [4.78, 5) is 12.8. The minimum Gasteiger partial charge on any atom is -0.354 e. The second-order valence-electron chi connectivity index (χ2n) is 5.23. The van der Waals surface area contributed by atoms with E-state index in [-0.39, 0.29) is 5.41 Å². The van der Waals surface area contributed by atoms with Crippen LogP contribution in [0.1, 0.15) is 13.8 Å². The Balaban J connectivity index is 2.03. The molecule has 19 heavy (non-hydrogen) atoms. The summed E-state index contributed by atoms with van der Waals surface area (Å²) in [5.41, 5.74) is 7.49. The van der Waals surface area contributed by atoms with E-state index in [1.807, 2.05) is 18.2 Å². The molecule has 2 aromatic rings. The lowest BCUT2D eigenvalue weighted by molar-refractivity contribution is 0.404. The van der Waals surface area contributed by atoms with Crippen molar-refractivity contribution in [3.05, 3.63) is 36.8 Å². The molecule has 0 aliphatic heterocycles. The van der Waals surface area contributed by atoms with Crippen molar-refractivity contribution in [2.24, 2.45) is 11.1 Å². The first-order chi connectivity index (χ1) is 9.11. The Hall–Kier alpha value is -2.01. The first kappa shape index (κ1) is 13.4. The number of anilines is 1. The number of pyridine rings is 1. The van der Waals surface area contributed by atoms with Crippen LogP contribution in [0.4, 0.5) is 5.95 Å². The Bertz CT molecular complexity index is 507. The molecule has 0 radical (unpaired) electrons. The third kappa shape index (κ3) is 3.72. The monoisotopic (exact) mass is 257 g/mol. The average molecular weight is 257 g/mol. The molecular weight excluding hydrogens is 238 g/mol. The number of hydrogen-bond donors (Lipinski definition) is 2. The highest BCUT2D eigenvalue weighted by molar-refractivity contribution is 5.56. The summed E-state index contributed by atoms with van der Waals surface area (Å²) < 4.78 is 0. The van der Waals surface area contributed by atoms with Gasteiger partial charge in [-0.15, -0.1) is 0 Å². The van der Waals surface area contributed by atoms with Crippen LogP contribution in [0, 0.1) is 5.41 Å². The van der Waals surface area contributed by atoms with Gasteiger partial charge < -0.3 is 11.1 Å². The summed E-state index contributed by atoms with van der Waals surface area (Å²) in [6.45, 7) is 5.56. The van der Waals surface area contributed by atoms with E-state index in [4.69, 9.17) is 5.73 Å². The lowest BCUT2D eigenvalue weighted by Gasteiger charge is -2.22. The molecule has 0 aliphatic rings. The summed E-state index contributed by atoms with van der Waals surface area (Å²) in [7, 11) is 0. The van der Waals surface area contributed by atoms with Gasteiger partial charge >= 0.3 is 0 Å². The first-order valence-electron chi connectivity index (χ1n) is 6.28. The molecule has 0 saturated heterocycles. The van der Waals surface area contributed by atoms with E-state index >= 15 is 0 Å². The SMILES string of the molecule is CC(C)(CN)CNc1ncc(-c2ccccn2)cn1. The predicted molar refractivity (Wildman–Crippen MR) is 76.6 cm³/mol. The maximum Gasteiger partial charge on any atom is 0.222 e. The molecule has 5 nitrogen and oxygen atoms in total. The highest BCUT2D eigenvalue weighted by Crippen LogP contribution is 2.16. The number of nitrogens with one attached hydrogen (secondary N) is 1. The van der Waals surface area contributed by atoms with E-state index in [2.05, 4.69) is 34.1 Å². The molecule has 100 valence electrons. The molecule has 0 aliphatic carbocycles. The zero-order valence-electron chi connectivity index (χ0n) is 11.3. The van der Waals surface area contributed by atoms with Crippen LogP contribution in [0.25, 0.3) is 11.3 Å². The zero-order chi connectivity index (χ0) is 13.7. The second-order valence-corrected chi connectivity index (χ2v) is 5.23. The predicted octanol–water partition coefficient (Wildman–Crippen LogP) is 1.94. The largest absolute Gasteiger partial charge is 0.354 e. The van der Waals surface area contributed by atoms with Crippen molar-refractivity contribution in [3.8, 4) is 11.3 Å². The standard InChI is InChI=1S/C14H19N5/c1-14(2,9-15)10-19-13-17-7-11(8-18-13)12-5-3-4-6-16-12/h3-8H,9-10,15H2,1-2H3,(H,17,18,19). The zero-order valence-corrected chi connectivity index (χ0v) is 11.3. The van der Waals surface area contributed by atoms with Crippen LogP contribution in [-0.2, 0) is 0 Å². The second kappa shape index (κ2) is 5.75. The van der Waals surface area contributed by atoms with Gasteiger partial charge in [0.1, 0.15) is 0 Å². The maximum atomic E-state index is 5.68. The summed E-state index contributed by atoms with van der Waals surface area (Å²) in [6, 6.07) is 5.76. The van der Waals surface area contributed by atoms with E-state index in [9.17, 15) is 0 Å². The van der Waals surface area contributed by atoms with Crippen LogP contribution in [0.2, 0.25) is 0 Å². The molecule has 0 amide bonds. The molecule has 0 atom stereocenters. The average Bonchev–Trinajstić information content (AvgIpc) is 2.47. The van der Waals surface area contributed by atoms with Gasteiger partial charge in [-0.25, -0.2) is 9.97 Å². The Kier molecular flexibility index (Phi) is 4.06. The van der Waals surface area contributed by atoms with Crippen molar-refractivity contribution in [3.63, 3.8) is 0 Å². The molecule has 0 unspecified atom stereocenters. The Labute approximate surface area is 113 Å². The summed E-state index contributed by atoms with van der Waals surface area (Å²) in [5.74, 6) is 0.612. The van der Waals surface area contributed by atoms with Crippen molar-refractivity contribution >= 4 is 5.95 Å². The van der Waals surface area contributed by atoms with E-state index in [1.54, 1.807) is 18.6 Å². The number of rotatable bonds is 5. The van der Waals surface area contributed by atoms with Gasteiger partial charge in [0.15, 0.2) is 0 Å². The number of aromatic nitrogens is 3. The first-order valence-corrected chi connectivity index (χ1v) is 6.28. The highest BCUT2D eigenvalue weighted by Gasteiger charge is 2.15. The molecular formula is C14H19N5. The van der Waals surface area contributed by atoms with E-state index in [0.29, 0.717) is 12.5 Å². The molecule has 0 bridgehead atoms. The number of hydrogen-bond acceptors (Lipinski definition) is 5. The molecule has 0 aromatic carbocycles. The van der Waals surface area contributed by atoms with Gasteiger partial charge in [-0.3, -0.25) is 4.98 Å². The van der Waals surface area contributed by atoms with Crippen molar-refractivity contribution in [2.45, 2.75) is 13.8 Å². The van der Waals surface area contributed by atoms with Gasteiger partial charge in [-0.1, -0.05) is 19.9 Å². The van der Waals surface area contributed by atoms with Gasteiger partial charge in [0.2, 0.25) is 5.95 Å². The fraction of sp³-hybridized carbons (Fsp3) is 0.357. The van der Waals surface area contributed by atoms with Crippen LogP contribution < -0.4 is 11.1 Å². The smallest absolute Gasteiger partial charge is 0.222 e. The van der Waals surface area contributed by atoms with Gasteiger partial charge in [-0.05, 0) is 24.1 Å². The van der Waals surface area contributed by atoms with Crippen LogP contribution in [0.3, 0.4) is 0 Å². The van der Waals surface area contributed by atoms with Gasteiger partial charge in [0.05, 0.1) is 5.69 Å². The minimum absolute atomic E-state index is 0.0308. The van der Waals surface area contributed by atoms with Crippen molar-refractivity contribution in [2.75, 3.05) is 18.4 Å². The molecule has 2 rings (SSSR count). The van der Waals surface area contributed by atoms with E-state index in [0.717, 1.165) is 17.8 Å². The third-order valence-electron chi connectivity index (χ3n) is 2.89. The summed E-state index contributed by atoms with van der Waals surface area (Å²) in [6.07, 6.45) is 5.30. The number of nitrogens with two attached hydrogens (primary N) is 1. The van der Waals surface area contributed by atoms with Crippen molar-refractivity contribution < 1.29 is 0 Å². The molecule has 0 saturated carbocycles. The third-order valence-corrected chi connectivity index (χ3v) is 2.89. The lowest BCUT2D eigenvalue weighted by atomic mass is 9.94. The molecule has 3 N–H and O–H groups in total. The summed E-state index contributed by atoms with van der Waals surface area (Å²) in [5, 5.41) is 3.19. The van der Waals surface area contributed by atoms with E-state index < -0.39 is 0 Å². The Morgan fingerprint density at radius 1 is 1.16 bits per heavy atom. The molecule has 5 heteroatoms. The van der Waals surface area contributed by atoms with Gasteiger partial charge in [-0.2, -0.15) is 0 Å². The van der Waals surface area contributed by atoms with Crippen LogP contribution >= 0.6 is 0 Å². The summed E-state index contributed by atoms with van der Waals surface area (Å²) >= 11 is 0. The molecule has 2 aromatic heterocycles. The van der Waals surface area contributed by atoms with Crippen molar-refractivity contribution in [1.29, 1.82) is 0 Å². The Morgan fingerprint density at radius 2 is 1.89 bits per heavy atom. The van der Waals surface area contributed by atoms with Crippen LogP contribution in [0.15, 0.2) is 36.8 Å². The quantitative estimate of drug-likeness (QED) is 0.856. The fourth-order valence-electron chi connectivity index (χ4n) is 1.48. The lowest BCUT2D eigenvalue weighted by Crippen LogP contribution is -2.31. The highest BCUT2D eigenvalue weighted by atomic mass is 15.1. The fourth-order valence-corrected chi connectivity index (χ4v) is 1.48. The maximum absolute atomic E-state index is 5.68. The van der Waals surface area contributed by atoms with E-state index in [1.165, 1.54) is 0 Å². The molecule has 0 fully saturated rings. The van der Waals surface area contributed by atoms with Gasteiger partial charge in [0.25, 0.3) is 0 Å². The topological polar surface area (TPSA) is 76.7 Å². The number of nitrogens with zero attached hydrogens (tertiary/aromatic N) is 3. The molecule has 2 heterocycles. The molecule has 0 spiro atoms. The normalized spacial score (nSPS) is 11.3. The van der Waals surface area contributed by atoms with Crippen LogP contribution in [0.5, 0.6) is 0 Å². The minimum atomic E-state index is 0.0308. The van der Waals surface area contributed by atoms with Crippen molar-refractivity contribution in [1.82, 2.24) is 15.0 Å².